The second-order valence-corrected chi connectivity index (χ2v) is 6.85. The molecule has 0 radical (unpaired) electrons. The van der Waals surface area contributed by atoms with E-state index in [0.29, 0.717) is 25.9 Å². The fraction of sp³-hybridized carbons (Fsp3) is 0.600. The molecule has 0 aliphatic carbocycles. The van der Waals surface area contributed by atoms with Gasteiger partial charge in [0.05, 0.1) is 5.41 Å². The normalized spacial score (nSPS) is 17.0. The highest BCUT2D eigenvalue weighted by molar-refractivity contribution is 5.83. The number of rotatable bonds is 7. The molecule has 4 heteroatoms. The number of benzene rings is 1. The van der Waals surface area contributed by atoms with Gasteiger partial charge in [-0.15, -0.1) is 0 Å². The number of nitrogens with zero attached hydrogens (tertiary/aromatic N) is 1. The Kier molecular flexibility index (Phi) is 6.41. The molecule has 1 saturated heterocycles. The molecule has 0 atom stereocenters. The number of aliphatic carboxylic acids is 1. The van der Waals surface area contributed by atoms with Crippen molar-refractivity contribution in [3.05, 3.63) is 35.9 Å². The van der Waals surface area contributed by atoms with E-state index in [1.54, 1.807) is 0 Å². The van der Waals surface area contributed by atoms with Crippen molar-refractivity contribution >= 4 is 11.9 Å². The third kappa shape index (κ3) is 3.80. The number of hydrogen-bond acceptors (Lipinski definition) is 2. The van der Waals surface area contributed by atoms with Gasteiger partial charge in [-0.1, -0.05) is 57.0 Å². The molecule has 1 N–H and O–H groups in total. The second kappa shape index (κ2) is 8.32. The summed E-state index contributed by atoms with van der Waals surface area (Å²) in [4.78, 5) is 26.7. The van der Waals surface area contributed by atoms with Gasteiger partial charge in [-0.2, -0.15) is 0 Å². The van der Waals surface area contributed by atoms with E-state index >= 15 is 0 Å². The second-order valence-electron chi connectivity index (χ2n) is 6.85. The first kappa shape index (κ1) is 18.5. The fourth-order valence-electron chi connectivity index (χ4n) is 3.84. The number of likely N-dealkylation sites (tertiary alicyclic amines) is 1. The molecule has 0 aromatic heterocycles. The van der Waals surface area contributed by atoms with E-state index in [9.17, 15) is 14.7 Å². The first-order chi connectivity index (χ1) is 11.5. The molecular weight excluding hydrogens is 302 g/mol. The van der Waals surface area contributed by atoms with Gasteiger partial charge in [0, 0.05) is 19.0 Å². The monoisotopic (exact) mass is 331 g/mol. The average molecular weight is 331 g/mol. The average Bonchev–Trinajstić information content (AvgIpc) is 2.61. The van der Waals surface area contributed by atoms with Gasteiger partial charge in [0.2, 0.25) is 5.91 Å². The highest BCUT2D eigenvalue weighted by atomic mass is 16.4. The zero-order valence-electron chi connectivity index (χ0n) is 14.8. The Morgan fingerprint density at radius 1 is 1.08 bits per heavy atom. The molecule has 0 unspecified atom stereocenters. The molecule has 1 amide bonds. The summed E-state index contributed by atoms with van der Waals surface area (Å²) in [5.41, 5.74) is -0.00784. The molecule has 24 heavy (non-hydrogen) atoms. The number of carbonyl (C=O) groups excluding carboxylic acids is 1. The van der Waals surface area contributed by atoms with E-state index in [1.165, 1.54) is 0 Å². The summed E-state index contributed by atoms with van der Waals surface area (Å²) in [5.74, 6) is -0.473. The maximum absolute atomic E-state index is 12.8. The summed E-state index contributed by atoms with van der Waals surface area (Å²) >= 11 is 0. The number of carboxylic acid groups (broad SMARTS) is 1. The molecule has 4 nitrogen and oxygen atoms in total. The van der Waals surface area contributed by atoms with Crippen LogP contribution >= 0.6 is 0 Å². The lowest BCUT2D eigenvalue weighted by molar-refractivity contribution is -0.149. The van der Waals surface area contributed by atoms with Crippen LogP contribution in [0.1, 0.15) is 57.9 Å². The minimum atomic E-state index is -0.858. The van der Waals surface area contributed by atoms with Gasteiger partial charge in [0.1, 0.15) is 0 Å². The Labute approximate surface area is 144 Å². The van der Waals surface area contributed by atoms with Gasteiger partial charge in [0.25, 0.3) is 0 Å². The summed E-state index contributed by atoms with van der Waals surface area (Å²) < 4.78 is 0. The molecule has 0 bridgehead atoms. The minimum Gasteiger partial charge on any atom is -0.481 e. The van der Waals surface area contributed by atoms with Gasteiger partial charge >= 0.3 is 5.97 Å². The maximum atomic E-state index is 12.8. The molecule has 1 heterocycles. The van der Waals surface area contributed by atoms with E-state index < -0.39 is 11.4 Å². The van der Waals surface area contributed by atoms with Crippen molar-refractivity contribution < 1.29 is 14.7 Å². The van der Waals surface area contributed by atoms with Crippen LogP contribution in [-0.2, 0) is 15.0 Å². The van der Waals surface area contributed by atoms with Crippen molar-refractivity contribution in [3.63, 3.8) is 0 Å². The zero-order chi connectivity index (χ0) is 17.6. The van der Waals surface area contributed by atoms with Crippen molar-refractivity contribution in [3.8, 4) is 0 Å². The van der Waals surface area contributed by atoms with E-state index in [1.807, 2.05) is 35.2 Å². The lowest BCUT2D eigenvalue weighted by atomic mass is 9.72. The Hall–Kier alpha value is -1.84. The minimum absolute atomic E-state index is 0.0917. The summed E-state index contributed by atoms with van der Waals surface area (Å²) in [6, 6.07) is 9.45. The van der Waals surface area contributed by atoms with Crippen LogP contribution in [0.2, 0.25) is 0 Å². The zero-order valence-corrected chi connectivity index (χ0v) is 14.8. The summed E-state index contributed by atoms with van der Waals surface area (Å²) in [6.45, 7) is 5.28. The van der Waals surface area contributed by atoms with Gasteiger partial charge in [-0.05, 0) is 31.2 Å². The molecule has 1 aromatic rings. The maximum Gasteiger partial charge on any atom is 0.314 e. The molecule has 1 aliphatic heterocycles. The van der Waals surface area contributed by atoms with Crippen LogP contribution in [0.15, 0.2) is 30.3 Å². The molecule has 0 saturated carbocycles. The van der Waals surface area contributed by atoms with Crippen molar-refractivity contribution in [2.75, 3.05) is 13.1 Å². The molecule has 132 valence electrons. The van der Waals surface area contributed by atoms with Gasteiger partial charge in [-0.25, -0.2) is 0 Å². The van der Waals surface area contributed by atoms with Crippen LogP contribution in [0.3, 0.4) is 0 Å². The third-order valence-electron chi connectivity index (χ3n) is 5.29. The van der Waals surface area contributed by atoms with Gasteiger partial charge in [0.15, 0.2) is 0 Å². The Morgan fingerprint density at radius 2 is 1.62 bits per heavy atom. The highest BCUT2D eigenvalue weighted by Gasteiger charge is 2.44. The van der Waals surface area contributed by atoms with Crippen LogP contribution in [0.25, 0.3) is 0 Å². The molecule has 1 fully saturated rings. The molecule has 1 aromatic carbocycles. The predicted molar refractivity (Wildman–Crippen MR) is 94.9 cm³/mol. The van der Waals surface area contributed by atoms with E-state index in [2.05, 4.69) is 13.8 Å². The molecular formula is C20H29NO3. The predicted octanol–water partition coefficient (Wildman–Crippen LogP) is 3.85. The first-order valence-corrected chi connectivity index (χ1v) is 9.13. The Morgan fingerprint density at radius 3 is 2.08 bits per heavy atom. The van der Waals surface area contributed by atoms with Crippen molar-refractivity contribution in [1.82, 2.24) is 4.90 Å². The summed E-state index contributed by atoms with van der Waals surface area (Å²) in [6.07, 6.45) is 4.84. The molecule has 0 spiro atoms. The van der Waals surface area contributed by atoms with Gasteiger partial charge < -0.3 is 10.0 Å². The van der Waals surface area contributed by atoms with Crippen LogP contribution in [0.5, 0.6) is 0 Å². The van der Waals surface area contributed by atoms with Crippen molar-refractivity contribution in [1.29, 1.82) is 0 Å². The van der Waals surface area contributed by atoms with Crippen LogP contribution in [-0.4, -0.2) is 35.0 Å². The fourth-order valence-corrected chi connectivity index (χ4v) is 3.84. The number of carbonyl (C=O) groups is 2. The Balaban J connectivity index is 2.10. The lowest BCUT2D eigenvalue weighted by Crippen LogP contribution is -2.50. The Bertz CT molecular complexity index is 541. The van der Waals surface area contributed by atoms with Crippen molar-refractivity contribution in [2.45, 2.75) is 57.8 Å². The van der Waals surface area contributed by atoms with E-state index in [-0.39, 0.29) is 11.8 Å². The molecule has 1 aliphatic rings. The standard InChI is InChI=1S/C20H29NO3/c1-3-8-16(9-4-2)18(22)21-14-12-20(13-15-21,19(23)24)17-10-6-5-7-11-17/h5-7,10-11,16H,3-4,8-9,12-15H2,1-2H3,(H,23,24). The summed E-state index contributed by atoms with van der Waals surface area (Å²) in [7, 11) is 0. The number of carboxylic acids is 1. The number of hydrogen-bond donors (Lipinski definition) is 1. The van der Waals surface area contributed by atoms with Crippen LogP contribution in [0.4, 0.5) is 0 Å². The van der Waals surface area contributed by atoms with E-state index in [4.69, 9.17) is 0 Å². The van der Waals surface area contributed by atoms with Crippen LogP contribution in [0, 0.1) is 5.92 Å². The quantitative estimate of drug-likeness (QED) is 0.825. The summed E-state index contributed by atoms with van der Waals surface area (Å²) in [5, 5.41) is 9.84. The SMILES string of the molecule is CCCC(CCC)C(=O)N1CCC(C(=O)O)(c2ccccc2)CC1. The first-order valence-electron chi connectivity index (χ1n) is 9.13. The number of piperidine rings is 1. The topological polar surface area (TPSA) is 57.6 Å². The smallest absolute Gasteiger partial charge is 0.314 e. The van der Waals surface area contributed by atoms with Crippen LogP contribution < -0.4 is 0 Å². The van der Waals surface area contributed by atoms with Crippen molar-refractivity contribution in [2.24, 2.45) is 5.92 Å². The van der Waals surface area contributed by atoms with E-state index in [0.717, 1.165) is 31.2 Å². The number of amides is 1. The largest absolute Gasteiger partial charge is 0.481 e. The van der Waals surface area contributed by atoms with Gasteiger partial charge in [-0.3, -0.25) is 9.59 Å². The third-order valence-corrected chi connectivity index (χ3v) is 5.29. The lowest BCUT2D eigenvalue weighted by Gasteiger charge is -2.40. The highest BCUT2D eigenvalue weighted by Crippen LogP contribution is 2.36. The molecule has 2 rings (SSSR count).